The lowest BCUT2D eigenvalue weighted by molar-refractivity contribution is -0.114. The van der Waals surface area contributed by atoms with Gasteiger partial charge in [-0.15, -0.1) is 0 Å². The van der Waals surface area contributed by atoms with E-state index in [4.69, 9.17) is 0 Å². The molecule has 2 heteroatoms. The molecule has 110 valence electrons. The van der Waals surface area contributed by atoms with Crippen LogP contribution in [0.15, 0.2) is 73.8 Å². The molecule has 2 rings (SSSR count). The lowest BCUT2D eigenvalue weighted by Crippen LogP contribution is -2.03. The fourth-order valence-electron chi connectivity index (χ4n) is 2.39. The maximum Gasteiger partial charge on any atom is 0.159 e. The predicted octanol–water partition coefficient (Wildman–Crippen LogP) is 3.95. The first kappa shape index (κ1) is 15.6. The Morgan fingerprint density at radius 3 is 1.45 bits per heavy atom. The summed E-state index contributed by atoms with van der Waals surface area (Å²) in [5, 5.41) is 0. The molecule has 0 N–H and O–H groups in total. The highest BCUT2D eigenvalue weighted by Crippen LogP contribution is 2.28. The van der Waals surface area contributed by atoms with Gasteiger partial charge in [-0.3, -0.25) is 9.59 Å². The van der Waals surface area contributed by atoms with Crippen LogP contribution in [0.1, 0.15) is 11.1 Å². The minimum atomic E-state index is -0.0212. The highest BCUT2D eigenvalue weighted by molar-refractivity contribution is 5.94. The number of hydrogen-bond acceptors (Lipinski definition) is 2. The summed E-state index contributed by atoms with van der Waals surface area (Å²) in [7, 11) is 0. The van der Waals surface area contributed by atoms with Crippen molar-refractivity contribution >= 4 is 11.6 Å². The van der Waals surface area contributed by atoms with Gasteiger partial charge in [-0.25, -0.2) is 0 Å². The summed E-state index contributed by atoms with van der Waals surface area (Å²) in [5.41, 5.74) is 3.83. The van der Waals surface area contributed by atoms with Crippen LogP contribution in [0, 0.1) is 0 Å². The van der Waals surface area contributed by atoms with Crippen molar-refractivity contribution in [1.82, 2.24) is 0 Å². The minimum Gasteiger partial charge on any atom is -0.295 e. The summed E-state index contributed by atoms with van der Waals surface area (Å²) in [6, 6.07) is 15.5. The number of benzene rings is 2. The molecular formula is C20H18O2. The number of carbonyl (C=O) groups excluding carboxylic acids is 2. The molecule has 0 atom stereocenters. The standard InChI is InChI=1S/C20H18O2/c1-3-17(21)13-15-9-5-7-11-19(15)20-12-8-6-10-16(20)14-18(22)4-2/h3-12H,1-2,13-14H2. The molecule has 2 nitrogen and oxygen atoms in total. The van der Waals surface area contributed by atoms with Crippen molar-refractivity contribution < 1.29 is 9.59 Å². The number of rotatable bonds is 7. The Morgan fingerprint density at radius 2 is 1.09 bits per heavy atom. The molecule has 0 aromatic heterocycles. The Hall–Kier alpha value is -2.74. The van der Waals surface area contributed by atoms with Crippen LogP contribution in [0.25, 0.3) is 11.1 Å². The second-order valence-electron chi connectivity index (χ2n) is 5.01. The van der Waals surface area contributed by atoms with E-state index >= 15 is 0 Å². The molecule has 0 radical (unpaired) electrons. The quantitative estimate of drug-likeness (QED) is 0.724. The van der Waals surface area contributed by atoms with E-state index in [1.165, 1.54) is 12.2 Å². The zero-order valence-electron chi connectivity index (χ0n) is 12.4. The van der Waals surface area contributed by atoms with Crippen molar-refractivity contribution in [3.8, 4) is 11.1 Å². The third-order valence-corrected chi connectivity index (χ3v) is 3.51. The van der Waals surface area contributed by atoms with Crippen LogP contribution < -0.4 is 0 Å². The van der Waals surface area contributed by atoms with E-state index < -0.39 is 0 Å². The van der Waals surface area contributed by atoms with Crippen LogP contribution in [-0.2, 0) is 22.4 Å². The molecule has 0 aliphatic carbocycles. The topological polar surface area (TPSA) is 34.1 Å². The molecule has 0 saturated heterocycles. The van der Waals surface area contributed by atoms with Crippen molar-refractivity contribution in [2.45, 2.75) is 12.8 Å². The van der Waals surface area contributed by atoms with E-state index in [1.54, 1.807) is 0 Å². The molecule has 2 aromatic rings. The van der Waals surface area contributed by atoms with E-state index in [2.05, 4.69) is 13.2 Å². The van der Waals surface area contributed by atoms with Crippen molar-refractivity contribution in [3.05, 3.63) is 85.0 Å². The molecular weight excluding hydrogens is 272 g/mol. The zero-order valence-corrected chi connectivity index (χ0v) is 12.4. The third kappa shape index (κ3) is 3.67. The van der Waals surface area contributed by atoms with Gasteiger partial charge in [0.05, 0.1) is 0 Å². The van der Waals surface area contributed by atoms with E-state index in [-0.39, 0.29) is 11.6 Å². The zero-order chi connectivity index (χ0) is 15.9. The first-order valence-electron chi connectivity index (χ1n) is 7.12. The summed E-state index contributed by atoms with van der Waals surface area (Å²) in [6.07, 6.45) is 3.29. The van der Waals surface area contributed by atoms with E-state index in [0.29, 0.717) is 12.8 Å². The Labute approximate surface area is 130 Å². The van der Waals surface area contributed by atoms with E-state index in [1.807, 2.05) is 48.5 Å². The average Bonchev–Trinajstić information content (AvgIpc) is 2.55. The molecule has 2 aromatic carbocycles. The van der Waals surface area contributed by atoms with Gasteiger partial charge < -0.3 is 0 Å². The maximum absolute atomic E-state index is 11.7. The monoisotopic (exact) mass is 290 g/mol. The first-order chi connectivity index (χ1) is 10.7. The normalized spacial score (nSPS) is 10.0. The molecule has 0 amide bonds. The number of ketones is 2. The van der Waals surface area contributed by atoms with Crippen LogP contribution >= 0.6 is 0 Å². The van der Waals surface area contributed by atoms with Crippen LogP contribution in [0.4, 0.5) is 0 Å². The predicted molar refractivity (Wildman–Crippen MR) is 89.7 cm³/mol. The molecule has 0 saturated carbocycles. The molecule has 0 unspecified atom stereocenters. The largest absolute Gasteiger partial charge is 0.295 e. The van der Waals surface area contributed by atoms with Crippen molar-refractivity contribution in [3.63, 3.8) is 0 Å². The second kappa shape index (κ2) is 7.32. The highest BCUT2D eigenvalue weighted by Gasteiger charge is 2.12. The third-order valence-electron chi connectivity index (χ3n) is 3.51. The van der Waals surface area contributed by atoms with Gasteiger partial charge in [0.25, 0.3) is 0 Å². The molecule has 0 fully saturated rings. The molecule has 0 heterocycles. The van der Waals surface area contributed by atoms with Crippen LogP contribution in [0.5, 0.6) is 0 Å². The Bertz CT molecular complexity index is 662. The fraction of sp³-hybridized carbons (Fsp3) is 0.100. The average molecular weight is 290 g/mol. The summed E-state index contributed by atoms with van der Waals surface area (Å²) in [6.45, 7) is 7.04. The van der Waals surface area contributed by atoms with Gasteiger partial charge in [-0.1, -0.05) is 61.7 Å². The van der Waals surface area contributed by atoms with Gasteiger partial charge in [-0.2, -0.15) is 0 Å². The summed E-state index contributed by atoms with van der Waals surface area (Å²) >= 11 is 0. The van der Waals surface area contributed by atoms with Crippen molar-refractivity contribution in [2.75, 3.05) is 0 Å². The molecule has 0 bridgehead atoms. The lowest BCUT2D eigenvalue weighted by atomic mass is 9.91. The van der Waals surface area contributed by atoms with E-state index in [9.17, 15) is 9.59 Å². The maximum atomic E-state index is 11.7. The van der Waals surface area contributed by atoms with Crippen LogP contribution in [0.2, 0.25) is 0 Å². The van der Waals surface area contributed by atoms with Crippen molar-refractivity contribution in [2.24, 2.45) is 0 Å². The fourth-order valence-corrected chi connectivity index (χ4v) is 2.39. The molecule has 22 heavy (non-hydrogen) atoms. The summed E-state index contributed by atoms with van der Waals surface area (Å²) in [4.78, 5) is 23.4. The van der Waals surface area contributed by atoms with Gasteiger partial charge in [-0.05, 0) is 34.4 Å². The lowest BCUT2D eigenvalue weighted by Gasteiger charge is -2.12. The van der Waals surface area contributed by atoms with Gasteiger partial charge in [0, 0.05) is 12.8 Å². The number of allylic oxidation sites excluding steroid dienone is 2. The minimum absolute atomic E-state index is 0.0212. The Kier molecular flexibility index (Phi) is 5.21. The summed E-state index contributed by atoms with van der Waals surface area (Å²) < 4.78 is 0. The SMILES string of the molecule is C=CC(=O)Cc1ccccc1-c1ccccc1CC(=O)C=C. The smallest absolute Gasteiger partial charge is 0.159 e. The van der Waals surface area contributed by atoms with Gasteiger partial charge in [0.2, 0.25) is 0 Å². The molecule has 0 aliphatic rings. The van der Waals surface area contributed by atoms with Crippen molar-refractivity contribution in [1.29, 1.82) is 0 Å². The number of hydrogen-bond donors (Lipinski definition) is 0. The Balaban J connectivity index is 2.48. The molecule has 0 spiro atoms. The van der Waals surface area contributed by atoms with Gasteiger partial charge in [0.1, 0.15) is 0 Å². The van der Waals surface area contributed by atoms with E-state index in [0.717, 1.165) is 22.3 Å². The van der Waals surface area contributed by atoms with Crippen LogP contribution in [0.3, 0.4) is 0 Å². The highest BCUT2D eigenvalue weighted by atomic mass is 16.1. The van der Waals surface area contributed by atoms with Gasteiger partial charge in [0.15, 0.2) is 11.6 Å². The first-order valence-corrected chi connectivity index (χ1v) is 7.12. The molecule has 0 aliphatic heterocycles. The number of carbonyl (C=O) groups is 2. The Morgan fingerprint density at radius 1 is 0.727 bits per heavy atom. The summed E-state index contributed by atoms with van der Waals surface area (Å²) in [5.74, 6) is -0.0424. The second-order valence-corrected chi connectivity index (χ2v) is 5.01. The van der Waals surface area contributed by atoms with Gasteiger partial charge >= 0.3 is 0 Å². The van der Waals surface area contributed by atoms with Crippen LogP contribution in [-0.4, -0.2) is 11.6 Å².